The molecule has 0 bridgehead atoms. The highest BCUT2D eigenvalue weighted by molar-refractivity contribution is 5.75. The lowest BCUT2D eigenvalue weighted by molar-refractivity contribution is -0.131. The average Bonchev–Trinajstić information content (AvgIpc) is 2.62. The van der Waals surface area contributed by atoms with Crippen LogP contribution in [0.25, 0.3) is 0 Å². The Morgan fingerprint density at radius 2 is 1.32 bits per heavy atom. The summed E-state index contributed by atoms with van der Waals surface area (Å²) in [5.74, 6) is 0.732. The van der Waals surface area contributed by atoms with Crippen molar-refractivity contribution in [3.05, 3.63) is 0 Å². The topological polar surface area (TPSA) is 83.2 Å². The minimum Gasteiger partial charge on any atom is -0.379 e. The van der Waals surface area contributed by atoms with Crippen LogP contribution in [-0.4, -0.2) is 77.4 Å². The first-order valence-corrected chi connectivity index (χ1v) is 9.33. The van der Waals surface area contributed by atoms with Crippen molar-refractivity contribution in [2.45, 2.75) is 40.5 Å². The molecule has 0 atom stereocenters. The summed E-state index contributed by atoms with van der Waals surface area (Å²) in [6.45, 7) is 12.8. The fraction of sp³-hybridized carbons (Fsp3) is 0.944. The second-order valence-corrected chi connectivity index (χ2v) is 5.66. The Kier molecular flexibility index (Phi) is 22.6. The van der Waals surface area contributed by atoms with E-state index in [4.69, 9.17) is 24.7 Å². The van der Waals surface area contributed by atoms with Crippen LogP contribution in [0.3, 0.4) is 0 Å². The monoisotopic (exact) mass is 364 g/mol. The van der Waals surface area contributed by atoms with Crippen molar-refractivity contribution in [1.82, 2.24) is 4.90 Å². The minimum atomic E-state index is 0.125. The molecule has 0 rings (SSSR count). The number of carbonyl (C=O) groups excluding carboxylic acids is 1. The molecule has 0 saturated heterocycles. The van der Waals surface area contributed by atoms with Gasteiger partial charge in [0.2, 0.25) is 5.91 Å². The molecule has 25 heavy (non-hydrogen) atoms. The van der Waals surface area contributed by atoms with Crippen molar-refractivity contribution >= 4 is 5.91 Å². The first kappa shape index (κ1) is 26.5. The van der Waals surface area contributed by atoms with Gasteiger partial charge in [-0.15, -0.1) is 0 Å². The summed E-state index contributed by atoms with van der Waals surface area (Å²) >= 11 is 0. The fourth-order valence-corrected chi connectivity index (χ4v) is 1.67. The van der Waals surface area contributed by atoms with Gasteiger partial charge in [0.15, 0.2) is 0 Å². The summed E-state index contributed by atoms with van der Waals surface area (Å²) < 4.78 is 20.9. The van der Waals surface area contributed by atoms with Crippen LogP contribution in [0, 0.1) is 5.92 Å². The lowest BCUT2D eigenvalue weighted by atomic mass is 10.1. The Morgan fingerprint density at radius 3 is 1.76 bits per heavy atom. The summed E-state index contributed by atoms with van der Waals surface area (Å²) in [5, 5.41) is 0. The minimum absolute atomic E-state index is 0.125. The molecule has 0 spiro atoms. The Hall–Kier alpha value is -0.730. The molecule has 152 valence electrons. The molecule has 0 aromatic rings. The Labute approximate surface area is 154 Å². The van der Waals surface area contributed by atoms with Crippen LogP contribution in [0.15, 0.2) is 0 Å². The molecule has 7 nitrogen and oxygen atoms in total. The number of rotatable bonds is 16. The first-order valence-electron chi connectivity index (χ1n) is 9.33. The molecule has 0 aliphatic heterocycles. The van der Waals surface area contributed by atoms with E-state index in [2.05, 4.69) is 13.8 Å². The summed E-state index contributed by atoms with van der Waals surface area (Å²) in [4.78, 5) is 13.6. The number of hydrogen-bond donors (Lipinski definition) is 1. The van der Waals surface area contributed by atoms with Gasteiger partial charge in [-0.3, -0.25) is 4.79 Å². The Balaban J connectivity index is 0. The van der Waals surface area contributed by atoms with Crippen molar-refractivity contribution in [2.24, 2.45) is 11.7 Å². The summed E-state index contributed by atoms with van der Waals surface area (Å²) in [5.41, 5.74) is 5.17. The molecule has 0 saturated carbocycles. The van der Waals surface area contributed by atoms with Crippen molar-refractivity contribution in [1.29, 1.82) is 0 Å². The van der Waals surface area contributed by atoms with Gasteiger partial charge in [0.05, 0.1) is 59.4 Å². The third-order valence-corrected chi connectivity index (χ3v) is 3.16. The van der Waals surface area contributed by atoms with Gasteiger partial charge in [-0.25, -0.2) is 0 Å². The van der Waals surface area contributed by atoms with Gasteiger partial charge < -0.3 is 29.6 Å². The molecule has 0 heterocycles. The zero-order valence-electron chi connectivity index (χ0n) is 16.9. The van der Waals surface area contributed by atoms with Gasteiger partial charge in [-0.2, -0.15) is 0 Å². The number of nitrogens with zero attached hydrogens (tertiary/aromatic N) is 1. The zero-order chi connectivity index (χ0) is 19.3. The van der Waals surface area contributed by atoms with Crippen LogP contribution in [0.2, 0.25) is 0 Å². The normalized spacial score (nSPS) is 10.5. The van der Waals surface area contributed by atoms with Crippen LogP contribution in [0.5, 0.6) is 0 Å². The van der Waals surface area contributed by atoms with Crippen LogP contribution in [-0.2, 0) is 23.7 Å². The van der Waals surface area contributed by atoms with Crippen LogP contribution in [0.1, 0.15) is 40.5 Å². The van der Waals surface area contributed by atoms with Gasteiger partial charge in [-0.1, -0.05) is 27.7 Å². The molecule has 0 fully saturated rings. The van der Waals surface area contributed by atoms with E-state index >= 15 is 0 Å². The smallest absolute Gasteiger partial charge is 0.224 e. The predicted molar refractivity (Wildman–Crippen MR) is 101 cm³/mol. The van der Waals surface area contributed by atoms with Gasteiger partial charge in [0.1, 0.15) is 0 Å². The van der Waals surface area contributed by atoms with Crippen LogP contribution >= 0.6 is 0 Å². The third kappa shape index (κ3) is 21.2. The molecular weight excluding hydrogens is 324 g/mol. The van der Waals surface area contributed by atoms with Crippen molar-refractivity contribution < 1.29 is 23.7 Å². The largest absolute Gasteiger partial charge is 0.379 e. The molecule has 7 heteroatoms. The van der Waals surface area contributed by atoms with E-state index in [1.807, 2.05) is 20.9 Å². The molecule has 1 amide bonds. The highest BCUT2D eigenvalue weighted by Crippen LogP contribution is 2.02. The van der Waals surface area contributed by atoms with E-state index < -0.39 is 0 Å². The SMILES string of the molecule is CC.CC(C)CCN(C)C(=O)CCOCCOCCOCCOCN. The van der Waals surface area contributed by atoms with Gasteiger partial charge >= 0.3 is 0 Å². The predicted octanol–water partition coefficient (Wildman–Crippen LogP) is 1.89. The second-order valence-electron chi connectivity index (χ2n) is 5.66. The molecule has 0 radical (unpaired) electrons. The number of nitrogens with two attached hydrogens (primary N) is 1. The quantitative estimate of drug-likeness (QED) is 0.333. The Morgan fingerprint density at radius 1 is 0.880 bits per heavy atom. The molecule has 0 aliphatic rings. The first-order chi connectivity index (χ1) is 12.1. The molecule has 0 aromatic heterocycles. The maximum atomic E-state index is 11.8. The highest BCUT2D eigenvalue weighted by Gasteiger charge is 2.08. The van der Waals surface area contributed by atoms with Gasteiger partial charge in [-0.05, 0) is 12.3 Å². The maximum Gasteiger partial charge on any atom is 0.224 e. The van der Waals surface area contributed by atoms with Crippen LogP contribution in [0.4, 0.5) is 0 Å². The molecule has 0 aromatic carbocycles. The molecular formula is C18H40N2O5. The second kappa shape index (κ2) is 21.3. The van der Waals surface area contributed by atoms with E-state index in [1.54, 1.807) is 4.90 Å². The molecule has 0 aliphatic carbocycles. The highest BCUT2D eigenvalue weighted by atomic mass is 16.6. The summed E-state index contributed by atoms with van der Waals surface area (Å²) in [6.07, 6.45) is 1.44. The summed E-state index contributed by atoms with van der Waals surface area (Å²) in [7, 11) is 1.84. The van der Waals surface area contributed by atoms with Crippen molar-refractivity contribution in [3.8, 4) is 0 Å². The number of carbonyl (C=O) groups is 1. The number of ether oxygens (including phenoxy) is 4. The maximum absolute atomic E-state index is 11.8. The number of amides is 1. The number of hydrogen-bond acceptors (Lipinski definition) is 6. The van der Waals surface area contributed by atoms with E-state index in [-0.39, 0.29) is 12.6 Å². The van der Waals surface area contributed by atoms with Gasteiger partial charge in [0, 0.05) is 13.6 Å². The average molecular weight is 365 g/mol. The molecule has 0 unspecified atom stereocenters. The lowest BCUT2D eigenvalue weighted by Crippen LogP contribution is -2.29. The standard InChI is InChI=1S/C16H34N2O5.C2H6/c1-15(2)4-6-18(3)16(19)5-7-20-8-9-21-10-11-22-12-13-23-14-17;1-2/h15H,4-14,17H2,1-3H3;1-2H3. The van der Waals surface area contributed by atoms with Crippen molar-refractivity contribution in [2.75, 3.05) is 66.6 Å². The van der Waals surface area contributed by atoms with E-state index in [1.165, 1.54) is 0 Å². The third-order valence-electron chi connectivity index (χ3n) is 3.16. The van der Waals surface area contributed by atoms with E-state index in [9.17, 15) is 4.79 Å². The fourth-order valence-electron chi connectivity index (χ4n) is 1.67. The van der Waals surface area contributed by atoms with Crippen LogP contribution < -0.4 is 5.73 Å². The van der Waals surface area contributed by atoms with E-state index in [0.717, 1.165) is 13.0 Å². The lowest BCUT2D eigenvalue weighted by Gasteiger charge is -2.18. The Bertz CT molecular complexity index is 278. The van der Waals surface area contributed by atoms with Gasteiger partial charge in [0.25, 0.3) is 0 Å². The molecule has 2 N–H and O–H groups in total. The van der Waals surface area contributed by atoms with E-state index in [0.29, 0.717) is 58.6 Å². The van der Waals surface area contributed by atoms with Crippen molar-refractivity contribution in [3.63, 3.8) is 0 Å². The summed E-state index contributed by atoms with van der Waals surface area (Å²) in [6, 6.07) is 0. The zero-order valence-corrected chi connectivity index (χ0v) is 16.9.